The zero-order chi connectivity index (χ0) is 30.9. The van der Waals surface area contributed by atoms with Crippen molar-refractivity contribution >= 4 is 5.97 Å². The Hall–Kier alpha value is -1.45. The molecule has 0 radical (unpaired) electrons. The molecular weight excluding hydrogens is 552 g/mol. The summed E-state index contributed by atoms with van der Waals surface area (Å²) in [6.45, 7) is 0.807. The minimum Gasteiger partial charge on any atom is -0.456 e. The summed E-state index contributed by atoms with van der Waals surface area (Å²) < 4.78 is 21.3. The Morgan fingerprint density at radius 1 is 0.690 bits per heavy atom. The van der Waals surface area contributed by atoms with Gasteiger partial charge in [0.25, 0.3) is 0 Å². The van der Waals surface area contributed by atoms with Crippen LogP contribution in [-0.4, -0.2) is 116 Å². The Labute approximate surface area is 248 Å². The van der Waals surface area contributed by atoms with Gasteiger partial charge in [0, 0.05) is 6.42 Å². The van der Waals surface area contributed by atoms with E-state index in [1.165, 1.54) is 19.3 Å². The van der Waals surface area contributed by atoms with Gasteiger partial charge in [0.15, 0.2) is 18.7 Å². The number of allylic oxidation sites excluding steroid dienone is 4. The first kappa shape index (κ1) is 36.7. The molecule has 0 aliphatic carbocycles. The van der Waals surface area contributed by atoms with Gasteiger partial charge in [0.2, 0.25) is 0 Å². The van der Waals surface area contributed by atoms with E-state index >= 15 is 0 Å². The zero-order valence-electron chi connectivity index (χ0n) is 24.7. The first-order valence-corrected chi connectivity index (χ1v) is 15.3. The number of esters is 1. The largest absolute Gasteiger partial charge is 0.456 e. The van der Waals surface area contributed by atoms with Crippen molar-refractivity contribution in [1.82, 2.24) is 0 Å². The SMILES string of the molecule is CCCCC/C=C\C/C=C\CCCCCCCC(=O)O[C@@H]1[C@@H](O)[C@@H](O[C@H]2[C@H](O)[C@@H](O)[C@@H](O)O[C@@H]2CO)O[C@H](CO)[C@H]1O. The lowest BCUT2D eigenvalue weighted by molar-refractivity contribution is -0.355. The third kappa shape index (κ3) is 11.9. The number of rotatable bonds is 19. The molecule has 2 aliphatic heterocycles. The highest BCUT2D eigenvalue weighted by Gasteiger charge is 2.51. The summed E-state index contributed by atoms with van der Waals surface area (Å²) in [6.07, 6.45) is 4.55. The van der Waals surface area contributed by atoms with Crippen molar-refractivity contribution in [3.05, 3.63) is 24.3 Å². The smallest absolute Gasteiger partial charge is 0.306 e. The van der Waals surface area contributed by atoms with Gasteiger partial charge < -0.3 is 54.7 Å². The van der Waals surface area contributed by atoms with E-state index in [-0.39, 0.29) is 6.42 Å². The number of aliphatic hydroxyl groups excluding tert-OH is 7. The summed E-state index contributed by atoms with van der Waals surface area (Å²) in [5, 5.41) is 70.4. The molecule has 2 fully saturated rings. The second-order valence-electron chi connectivity index (χ2n) is 11.0. The molecule has 0 aromatic carbocycles. The molecule has 7 N–H and O–H groups in total. The topological polar surface area (TPSA) is 196 Å². The Balaban J connectivity index is 1.72. The van der Waals surface area contributed by atoms with Crippen LogP contribution in [0.3, 0.4) is 0 Å². The maximum atomic E-state index is 12.5. The highest BCUT2D eigenvalue weighted by Crippen LogP contribution is 2.30. The monoisotopic (exact) mass is 604 g/mol. The van der Waals surface area contributed by atoms with Crippen molar-refractivity contribution in [3.8, 4) is 0 Å². The molecule has 244 valence electrons. The number of carbonyl (C=O) groups excluding carboxylic acids is 1. The molecule has 0 spiro atoms. The van der Waals surface area contributed by atoms with E-state index in [0.29, 0.717) is 6.42 Å². The number of aliphatic hydroxyl groups is 7. The molecule has 0 bridgehead atoms. The van der Waals surface area contributed by atoms with E-state index < -0.39 is 80.6 Å². The zero-order valence-corrected chi connectivity index (χ0v) is 24.7. The first-order valence-electron chi connectivity index (χ1n) is 15.3. The van der Waals surface area contributed by atoms with Crippen LogP contribution in [0.25, 0.3) is 0 Å². The maximum absolute atomic E-state index is 12.5. The Morgan fingerprint density at radius 2 is 1.31 bits per heavy atom. The van der Waals surface area contributed by atoms with Crippen molar-refractivity contribution in [2.45, 2.75) is 145 Å². The molecule has 12 nitrogen and oxygen atoms in total. The van der Waals surface area contributed by atoms with E-state index in [1.807, 2.05) is 0 Å². The Morgan fingerprint density at radius 3 is 1.95 bits per heavy atom. The second-order valence-corrected chi connectivity index (χ2v) is 11.0. The summed E-state index contributed by atoms with van der Waals surface area (Å²) in [6, 6.07) is 0. The van der Waals surface area contributed by atoms with Crippen molar-refractivity contribution in [2.75, 3.05) is 13.2 Å². The minimum absolute atomic E-state index is 0.0719. The van der Waals surface area contributed by atoms with E-state index in [4.69, 9.17) is 18.9 Å². The molecule has 0 aromatic rings. The predicted molar refractivity (Wildman–Crippen MR) is 152 cm³/mol. The van der Waals surface area contributed by atoms with E-state index in [2.05, 4.69) is 31.2 Å². The molecule has 2 heterocycles. The van der Waals surface area contributed by atoms with Crippen molar-refractivity contribution < 1.29 is 59.5 Å². The third-order valence-corrected chi connectivity index (χ3v) is 7.55. The van der Waals surface area contributed by atoms with Crippen LogP contribution in [0.1, 0.15) is 84.0 Å². The van der Waals surface area contributed by atoms with Gasteiger partial charge in [-0.2, -0.15) is 0 Å². The highest BCUT2D eigenvalue weighted by molar-refractivity contribution is 5.69. The first-order chi connectivity index (χ1) is 20.2. The molecule has 2 saturated heterocycles. The number of hydrogen-bond acceptors (Lipinski definition) is 12. The molecule has 0 unspecified atom stereocenters. The quantitative estimate of drug-likeness (QED) is 0.0628. The highest BCUT2D eigenvalue weighted by atomic mass is 16.7. The van der Waals surface area contributed by atoms with E-state index in [1.54, 1.807) is 0 Å². The van der Waals surface area contributed by atoms with Gasteiger partial charge in [0.05, 0.1) is 13.2 Å². The normalized spacial score (nSPS) is 33.9. The minimum atomic E-state index is -1.77. The van der Waals surface area contributed by atoms with Crippen LogP contribution in [0, 0.1) is 0 Å². The fraction of sp³-hybridized carbons (Fsp3) is 0.833. The van der Waals surface area contributed by atoms with Gasteiger partial charge in [0.1, 0.15) is 42.7 Å². The molecule has 42 heavy (non-hydrogen) atoms. The van der Waals surface area contributed by atoms with E-state index in [9.17, 15) is 40.5 Å². The van der Waals surface area contributed by atoms with Gasteiger partial charge >= 0.3 is 5.97 Å². The molecule has 0 aromatic heterocycles. The molecule has 12 heteroatoms. The number of ether oxygens (including phenoxy) is 4. The molecule has 2 aliphatic rings. The van der Waals surface area contributed by atoms with Gasteiger partial charge in [-0.05, 0) is 38.5 Å². The van der Waals surface area contributed by atoms with Gasteiger partial charge in [-0.1, -0.05) is 63.3 Å². The fourth-order valence-electron chi connectivity index (χ4n) is 4.99. The maximum Gasteiger partial charge on any atom is 0.306 e. The standard InChI is InChI=1S/C30H52O12/c1-2-3-4-5-6-7-8-9-10-11-12-13-14-15-16-17-22(33)41-28-23(34)20(18-31)40-30(26(28)37)42-27-21(19-32)39-29(38)25(36)24(27)35/h6-7,9-10,20-21,23-32,34-38H,2-5,8,11-19H2,1H3/b7-6-,10-9-/t20-,21-,23-,24-,25-,26-,27-,28+,29+,30-/m1/s1. The van der Waals surface area contributed by atoms with Crippen LogP contribution in [0.4, 0.5) is 0 Å². The molecule has 0 amide bonds. The van der Waals surface area contributed by atoms with Crippen molar-refractivity contribution in [1.29, 1.82) is 0 Å². The van der Waals surface area contributed by atoms with Crippen LogP contribution in [0.2, 0.25) is 0 Å². The molecule has 10 atom stereocenters. The van der Waals surface area contributed by atoms with Crippen LogP contribution in [0.5, 0.6) is 0 Å². The summed E-state index contributed by atoms with van der Waals surface area (Å²) in [5.41, 5.74) is 0. The summed E-state index contributed by atoms with van der Waals surface area (Å²) in [4.78, 5) is 12.5. The second kappa shape index (κ2) is 20.5. The lowest BCUT2D eigenvalue weighted by Gasteiger charge is -2.45. The summed E-state index contributed by atoms with van der Waals surface area (Å²) in [7, 11) is 0. The number of carbonyl (C=O) groups is 1. The average molecular weight is 605 g/mol. The predicted octanol–water partition coefficient (Wildman–Crippen LogP) is 0.967. The Bertz CT molecular complexity index is 790. The lowest BCUT2D eigenvalue weighted by atomic mass is 9.97. The van der Waals surface area contributed by atoms with Crippen LogP contribution < -0.4 is 0 Å². The Kier molecular flexibility index (Phi) is 17.9. The lowest BCUT2D eigenvalue weighted by Crippen LogP contribution is -2.65. The molecular formula is C30H52O12. The van der Waals surface area contributed by atoms with Gasteiger partial charge in [-0.15, -0.1) is 0 Å². The molecule has 0 saturated carbocycles. The number of unbranched alkanes of at least 4 members (excludes halogenated alkanes) is 8. The fourth-order valence-corrected chi connectivity index (χ4v) is 4.99. The summed E-state index contributed by atoms with van der Waals surface area (Å²) in [5.74, 6) is -0.645. The molecule has 2 rings (SSSR count). The number of hydrogen-bond donors (Lipinski definition) is 7. The van der Waals surface area contributed by atoms with Crippen LogP contribution in [-0.2, 0) is 23.7 Å². The van der Waals surface area contributed by atoms with Crippen LogP contribution in [0.15, 0.2) is 24.3 Å². The van der Waals surface area contributed by atoms with Crippen molar-refractivity contribution in [3.63, 3.8) is 0 Å². The van der Waals surface area contributed by atoms with Crippen molar-refractivity contribution in [2.24, 2.45) is 0 Å². The summed E-state index contributed by atoms with van der Waals surface area (Å²) >= 11 is 0. The van der Waals surface area contributed by atoms with Crippen LogP contribution >= 0.6 is 0 Å². The third-order valence-electron chi connectivity index (χ3n) is 7.55. The van der Waals surface area contributed by atoms with Gasteiger partial charge in [-0.25, -0.2) is 0 Å². The van der Waals surface area contributed by atoms with Gasteiger partial charge in [-0.3, -0.25) is 4.79 Å². The average Bonchev–Trinajstić information content (AvgIpc) is 2.98. The van der Waals surface area contributed by atoms with E-state index in [0.717, 1.165) is 44.9 Å².